The molecular formula is C13H11N3O3. The summed E-state index contributed by atoms with van der Waals surface area (Å²) in [6.45, 7) is 0.339. The fourth-order valence-corrected chi connectivity index (χ4v) is 2.29. The predicted molar refractivity (Wildman–Crippen MR) is 69.2 cm³/mol. The minimum absolute atomic E-state index is 0.268. The van der Waals surface area contributed by atoms with Gasteiger partial charge in [0.15, 0.2) is 6.29 Å². The van der Waals surface area contributed by atoms with Gasteiger partial charge in [0, 0.05) is 30.1 Å². The van der Waals surface area contributed by atoms with Gasteiger partial charge < -0.3 is 4.98 Å². The van der Waals surface area contributed by atoms with E-state index in [1.165, 1.54) is 4.90 Å². The van der Waals surface area contributed by atoms with Gasteiger partial charge in [-0.05, 0) is 18.2 Å². The van der Waals surface area contributed by atoms with Crippen molar-refractivity contribution in [2.75, 3.05) is 11.4 Å². The van der Waals surface area contributed by atoms with E-state index in [9.17, 15) is 14.4 Å². The number of fused-ring (bicyclic) bond motifs is 1. The number of benzene rings is 1. The first-order chi connectivity index (χ1) is 9.20. The number of hydrogen-bond acceptors (Lipinski definition) is 3. The maximum atomic E-state index is 11.8. The van der Waals surface area contributed by atoms with Crippen LogP contribution in [0, 0.1) is 0 Å². The van der Waals surface area contributed by atoms with Crippen LogP contribution in [0.4, 0.5) is 10.5 Å². The van der Waals surface area contributed by atoms with Crippen LogP contribution in [0.25, 0.3) is 10.9 Å². The van der Waals surface area contributed by atoms with Gasteiger partial charge in [-0.15, -0.1) is 0 Å². The monoisotopic (exact) mass is 257 g/mol. The second kappa shape index (κ2) is 4.24. The van der Waals surface area contributed by atoms with E-state index in [1.54, 1.807) is 24.4 Å². The van der Waals surface area contributed by atoms with E-state index in [1.807, 2.05) is 0 Å². The Morgan fingerprint density at radius 1 is 1.21 bits per heavy atom. The predicted octanol–water partition coefficient (Wildman–Crippen LogP) is 1.43. The zero-order valence-electron chi connectivity index (χ0n) is 9.97. The fraction of sp³-hybridized carbons (Fsp3) is 0.154. The molecule has 0 atom stereocenters. The molecule has 1 aromatic heterocycles. The Labute approximate surface area is 108 Å². The molecule has 1 aromatic carbocycles. The molecule has 2 aromatic rings. The van der Waals surface area contributed by atoms with Crippen LogP contribution in [0.2, 0.25) is 0 Å². The summed E-state index contributed by atoms with van der Waals surface area (Å²) in [5.41, 5.74) is 1.92. The summed E-state index contributed by atoms with van der Waals surface area (Å²) in [4.78, 5) is 38.4. The van der Waals surface area contributed by atoms with Gasteiger partial charge in [0.05, 0.1) is 11.2 Å². The maximum absolute atomic E-state index is 11.8. The standard InChI is InChI=1S/C13H11N3O3/c17-7-8-1-2-10(9-3-5-14-12(8)9)16-6-4-11(18)15-13(16)19/h1-3,5,7,14H,4,6H2,(H,15,18,19). The SMILES string of the molecule is O=Cc1ccc(N2CCC(=O)NC2=O)c2cc[nH]c12. The number of imide groups is 1. The van der Waals surface area contributed by atoms with Crippen molar-refractivity contribution in [2.24, 2.45) is 0 Å². The number of anilines is 1. The lowest BCUT2D eigenvalue weighted by molar-refractivity contribution is -0.120. The average molecular weight is 257 g/mol. The molecule has 96 valence electrons. The molecule has 0 aliphatic carbocycles. The minimum Gasteiger partial charge on any atom is -0.361 e. The van der Waals surface area contributed by atoms with Crippen LogP contribution in [-0.4, -0.2) is 29.8 Å². The molecule has 6 heteroatoms. The van der Waals surface area contributed by atoms with Gasteiger partial charge in [-0.25, -0.2) is 4.79 Å². The van der Waals surface area contributed by atoms with Gasteiger partial charge in [0.2, 0.25) is 5.91 Å². The van der Waals surface area contributed by atoms with Crippen LogP contribution in [0.15, 0.2) is 24.4 Å². The highest BCUT2D eigenvalue weighted by Gasteiger charge is 2.25. The molecule has 2 N–H and O–H groups in total. The summed E-state index contributed by atoms with van der Waals surface area (Å²) >= 11 is 0. The molecule has 3 rings (SSSR count). The van der Waals surface area contributed by atoms with Crippen molar-refractivity contribution in [1.82, 2.24) is 10.3 Å². The normalized spacial score (nSPS) is 15.7. The average Bonchev–Trinajstić information content (AvgIpc) is 2.87. The number of H-pyrrole nitrogens is 1. The van der Waals surface area contributed by atoms with Crippen molar-refractivity contribution in [1.29, 1.82) is 0 Å². The third-order valence-corrected chi connectivity index (χ3v) is 3.20. The van der Waals surface area contributed by atoms with Crippen molar-refractivity contribution in [3.05, 3.63) is 30.0 Å². The highest BCUT2D eigenvalue weighted by molar-refractivity contribution is 6.11. The molecule has 1 aliphatic heterocycles. The van der Waals surface area contributed by atoms with Crippen molar-refractivity contribution in [2.45, 2.75) is 6.42 Å². The summed E-state index contributed by atoms with van der Waals surface area (Å²) < 4.78 is 0. The van der Waals surface area contributed by atoms with Crippen LogP contribution in [-0.2, 0) is 4.79 Å². The number of aldehydes is 1. The van der Waals surface area contributed by atoms with Crippen molar-refractivity contribution in [3.8, 4) is 0 Å². The van der Waals surface area contributed by atoms with E-state index in [-0.39, 0.29) is 12.3 Å². The van der Waals surface area contributed by atoms with Crippen LogP contribution >= 0.6 is 0 Å². The quantitative estimate of drug-likeness (QED) is 0.798. The first-order valence-corrected chi connectivity index (χ1v) is 5.87. The molecule has 0 radical (unpaired) electrons. The molecule has 1 aliphatic rings. The molecule has 2 heterocycles. The summed E-state index contributed by atoms with van der Waals surface area (Å²) in [7, 11) is 0. The number of amides is 3. The van der Waals surface area contributed by atoms with Crippen LogP contribution < -0.4 is 10.2 Å². The largest absolute Gasteiger partial charge is 0.361 e. The molecule has 0 saturated carbocycles. The molecule has 0 unspecified atom stereocenters. The smallest absolute Gasteiger partial charge is 0.328 e. The highest BCUT2D eigenvalue weighted by Crippen LogP contribution is 2.29. The first kappa shape index (κ1) is 11.5. The Balaban J connectivity index is 2.11. The molecule has 0 bridgehead atoms. The molecule has 0 spiro atoms. The van der Waals surface area contributed by atoms with E-state index < -0.39 is 6.03 Å². The van der Waals surface area contributed by atoms with Crippen LogP contribution in [0.1, 0.15) is 16.8 Å². The van der Waals surface area contributed by atoms with Crippen LogP contribution in [0.5, 0.6) is 0 Å². The lowest BCUT2D eigenvalue weighted by atomic mass is 10.1. The van der Waals surface area contributed by atoms with Gasteiger partial charge in [-0.1, -0.05) is 0 Å². The van der Waals surface area contributed by atoms with Gasteiger partial charge in [0.1, 0.15) is 0 Å². The molecule has 19 heavy (non-hydrogen) atoms. The number of carbonyl (C=O) groups is 3. The zero-order chi connectivity index (χ0) is 13.4. The van der Waals surface area contributed by atoms with Gasteiger partial charge in [-0.3, -0.25) is 19.8 Å². The minimum atomic E-state index is -0.433. The van der Waals surface area contributed by atoms with E-state index >= 15 is 0 Å². The molecule has 6 nitrogen and oxygen atoms in total. The summed E-state index contributed by atoms with van der Waals surface area (Å²) in [6.07, 6.45) is 2.75. The van der Waals surface area contributed by atoms with Crippen molar-refractivity contribution >= 4 is 34.8 Å². The van der Waals surface area contributed by atoms with Gasteiger partial charge >= 0.3 is 6.03 Å². The van der Waals surface area contributed by atoms with Crippen molar-refractivity contribution in [3.63, 3.8) is 0 Å². The molecule has 1 saturated heterocycles. The number of hydrogen-bond donors (Lipinski definition) is 2. The molecular weight excluding hydrogens is 246 g/mol. The lowest BCUT2D eigenvalue weighted by Crippen LogP contribution is -2.49. The number of nitrogens with zero attached hydrogens (tertiary/aromatic N) is 1. The van der Waals surface area contributed by atoms with E-state index in [0.717, 1.165) is 11.7 Å². The van der Waals surface area contributed by atoms with Gasteiger partial charge in [0.25, 0.3) is 0 Å². The number of aromatic amines is 1. The number of rotatable bonds is 2. The maximum Gasteiger partial charge on any atom is 0.328 e. The zero-order valence-corrected chi connectivity index (χ0v) is 9.97. The summed E-state index contributed by atoms with van der Waals surface area (Å²) in [6, 6.07) is 4.75. The van der Waals surface area contributed by atoms with E-state index in [2.05, 4.69) is 10.3 Å². The fourth-order valence-electron chi connectivity index (χ4n) is 2.29. The summed E-state index contributed by atoms with van der Waals surface area (Å²) in [5, 5.41) is 3.07. The van der Waals surface area contributed by atoms with Gasteiger partial charge in [-0.2, -0.15) is 0 Å². The third-order valence-electron chi connectivity index (χ3n) is 3.20. The second-order valence-corrected chi connectivity index (χ2v) is 4.31. The Morgan fingerprint density at radius 2 is 2.05 bits per heavy atom. The molecule has 3 amide bonds. The number of urea groups is 1. The number of nitrogens with one attached hydrogen (secondary N) is 2. The number of carbonyl (C=O) groups excluding carboxylic acids is 3. The van der Waals surface area contributed by atoms with Crippen molar-refractivity contribution < 1.29 is 14.4 Å². The van der Waals surface area contributed by atoms with E-state index in [0.29, 0.717) is 23.3 Å². The Bertz CT molecular complexity index is 689. The van der Waals surface area contributed by atoms with E-state index in [4.69, 9.17) is 0 Å². The number of aromatic nitrogens is 1. The lowest BCUT2D eigenvalue weighted by Gasteiger charge is -2.27. The Morgan fingerprint density at radius 3 is 2.79 bits per heavy atom. The van der Waals surface area contributed by atoms with Crippen LogP contribution in [0.3, 0.4) is 0 Å². The second-order valence-electron chi connectivity index (χ2n) is 4.31. The topological polar surface area (TPSA) is 82.3 Å². The first-order valence-electron chi connectivity index (χ1n) is 5.87. The Kier molecular flexibility index (Phi) is 2.56. The molecule has 1 fully saturated rings. The summed E-state index contributed by atoms with van der Waals surface area (Å²) in [5.74, 6) is -0.268. The third kappa shape index (κ3) is 1.77. The Hall–Kier alpha value is -2.63. The highest BCUT2D eigenvalue weighted by atomic mass is 16.2.